The Kier molecular flexibility index (Phi) is 7.14. The Hall–Kier alpha value is -0.0800. The van der Waals surface area contributed by atoms with Crippen LogP contribution in [0.15, 0.2) is 0 Å². The molecule has 0 spiro atoms. The molecule has 0 aliphatic heterocycles. The molecule has 102 valence electrons. The highest BCUT2D eigenvalue weighted by atomic mass is 15.1. The summed E-state index contributed by atoms with van der Waals surface area (Å²) in [5.41, 5.74) is 0. The molecule has 0 aromatic rings. The lowest BCUT2D eigenvalue weighted by Gasteiger charge is -2.27. The molecule has 0 radical (unpaired) electrons. The number of rotatable bonds is 8. The molecule has 1 aliphatic carbocycles. The third-order valence-corrected chi connectivity index (χ3v) is 4.18. The summed E-state index contributed by atoms with van der Waals surface area (Å²) in [7, 11) is 2.29. The lowest BCUT2D eigenvalue weighted by molar-refractivity contribution is 0.224. The van der Waals surface area contributed by atoms with E-state index in [1.54, 1.807) is 0 Å². The lowest BCUT2D eigenvalue weighted by Crippen LogP contribution is -2.39. The molecule has 1 rings (SSSR count). The predicted molar refractivity (Wildman–Crippen MR) is 76.4 cm³/mol. The van der Waals surface area contributed by atoms with Crippen molar-refractivity contribution in [3.05, 3.63) is 0 Å². The first-order chi connectivity index (χ1) is 8.17. The van der Waals surface area contributed by atoms with E-state index < -0.39 is 0 Å². The summed E-state index contributed by atoms with van der Waals surface area (Å²) in [6.07, 6.45) is 6.79. The van der Waals surface area contributed by atoms with Crippen LogP contribution in [-0.4, -0.2) is 37.6 Å². The summed E-state index contributed by atoms with van der Waals surface area (Å²) < 4.78 is 0. The highest BCUT2D eigenvalue weighted by Crippen LogP contribution is 2.26. The normalized spacial score (nSPS) is 26.6. The van der Waals surface area contributed by atoms with E-state index in [0.717, 1.165) is 17.9 Å². The van der Waals surface area contributed by atoms with Gasteiger partial charge in [-0.15, -0.1) is 0 Å². The number of nitrogens with one attached hydrogen (secondary N) is 1. The molecule has 1 aliphatic rings. The molecule has 0 aromatic carbocycles. The van der Waals surface area contributed by atoms with Crippen molar-refractivity contribution in [1.82, 2.24) is 10.2 Å². The maximum Gasteiger partial charge on any atom is 0.0107 e. The minimum Gasteiger partial charge on any atom is -0.314 e. The fourth-order valence-corrected chi connectivity index (χ4v) is 2.99. The fourth-order valence-electron chi connectivity index (χ4n) is 2.99. The van der Waals surface area contributed by atoms with E-state index >= 15 is 0 Å². The van der Waals surface area contributed by atoms with Gasteiger partial charge in [-0.25, -0.2) is 0 Å². The Morgan fingerprint density at radius 2 is 2.06 bits per heavy atom. The van der Waals surface area contributed by atoms with E-state index in [9.17, 15) is 0 Å². The minimum absolute atomic E-state index is 0.786. The molecule has 0 aromatic heterocycles. The van der Waals surface area contributed by atoms with E-state index in [0.29, 0.717) is 0 Å². The second-order valence-corrected chi connectivity index (χ2v) is 5.99. The van der Waals surface area contributed by atoms with Crippen molar-refractivity contribution in [1.29, 1.82) is 0 Å². The summed E-state index contributed by atoms with van der Waals surface area (Å²) in [5, 5.41) is 3.73. The lowest BCUT2D eigenvalue weighted by atomic mass is 10.0. The summed E-state index contributed by atoms with van der Waals surface area (Å²) in [4.78, 5) is 2.55. The first-order valence-electron chi connectivity index (χ1n) is 7.59. The van der Waals surface area contributed by atoms with Crippen LogP contribution in [-0.2, 0) is 0 Å². The van der Waals surface area contributed by atoms with E-state index in [2.05, 4.69) is 38.0 Å². The molecule has 17 heavy (non-hydrogen) atoms. The van der Waals surface area contributed by atoms with E-state index in [1.807, 2.05) is 0 Å². The van der Waals surface area contributed by atoms with Gasteiger partial charge in [-0.2, -0.15) is 0 Å². The van der Waals surface area contributed by atoms with Gasteiger partial charge in [0.25, 0.3) is 0 Å². The number of hydrogen-bond donors (Lipinski definition) is 1. The molecular formula is C15H32N2. The largest absolute Gasteiger partial charge is 0.314 e. The molecule has 0 bridgehead atoms. The van der Waals surface area contributed by atoms with Crippen LogP contribution in [0.4, 0.5) is 0 Å². The van der Waals surface area contributed by atoms with E-state index in [1.165, 1.54) is 51.7 Å². The molecule has 3 atom stereocenters. The van der Waals surface area contributed by atoms with Crippen LogP contribution >= 0.6 is 0 Å². The van der Waals surface area contributed by atoms with Gasteiger partial charge in [0.05, 0.1) is 0 Å². The van der Waals surface area contributed by atoms with Crippen LogP contribution in [0, 0.1) is 11.8 Å². The zero-order valence-electron chi connectivity index (χ0n) is 12.3. The average molecular weight is 240 g/mol. The molecule has 1 N–H and O–H groups in total. The van der Waals surface area contributed by atoms with Gasteiger partial charge in [0.1, 0.15) is 0 Å². The quantitative estimate of drug-likeness (QED) is 0.701. The van der Waals surface area contributed by atoms with Crippen molar-refractivity contribution < 1.29 is 0 Å². The summed E-state index contributed by atoms with van der Waals surface area (Å²) in [6, 6.07) is 0.786. The van der Waals surface area contributed by atoms with Crippen molar-refractivity contribution in [3.63, 3.8) is 0 Å². The highest BCUT2D eigenvalue weighted by molar-refractivity contribution is 4.84. The fraction of sp³-hybridized carbons (Fsp3) is 1.00. The number of hydrogen-bond acceptors (Lipinski definition) is 2. The van der Waals surface area contributed by atoms with Crippen molar-refractivity contribution in [2.24, 2.45) is 11.8 Å². The first kappa shape index (κ1) is 15.0. The van der Waals surface area contributed by atoms with Crippen LogP contribution in [0.2, 0.25) is 0 Å². The highest BCUT2D eigenvalue weighted by Gasteiger charge is 2.27. The van der Waals surface area contributed by atoms with Crippen molar-refractivity contribution in [2.45, 2.75) is 58.9 Å². The first-order valence-corrected chi connectivity index (χ1v) is 7.59. The second-order valence-electron chi connectivity index (χ2n) is 5.99. The SMILES string of the molecule is CCCNC1CCCC1CN(C)CC(C)CC. The third kappa shape index (κ3) is 5.39. The molecule has 2 nitrogen and oxygen atoms in total. The van der Waals surface area contributed by atoms with E-state index in [4.69, 9.17) is 0 Å². The topological polar surface area (TPSA) is 15.3 Å². The maximum atomic E-state index is 3.73. The van der Waals surface area contributed by atoms with Crippen LogP contribution in [0.5, 0.6) is 0 Å². The summed E-state index contributed by atoms with van der Waals surface area (Å²) >= 11 is 0. The van der Waals surface area contributed by atoms with Crippen LogP contribution < -0.4 is 5.32 Å². The summed E-state index contributed by atoms with van der Waals surface area (Å²) in [6.45, 7) is 10.6. The Morgan fingerprint density at radius 1 is 1.29 bits per heavy atom. The molecule has 0 amide bonds. The van der Waals surface area contributed by atoms with Gasteiger partial charge in [-0.1, -0.05) is 33.6 Å². The predicted octanol–water partition coefficient (Wildman–Crippen LogP) is 3.13. The Balaban J connectivity index is 2.28. The molecule has 3 unspecified atom stereocenters. The van der Waals surface area contributed by atoms with Crippen molar-refractivity contribution in [3.8, 4) is 0 Å². The Morgan fingerprint density at radius 3 is 2.71 bits per heavy atom. The number of nitrogens with zero attached hydrogens (tertiary/aromatic N) is 1. The minimum atomic E-state index is 0.786. The smallest absolute Gasteiger partial charge is 0.0107 e. The van der Waals surface area contributed by atoms with Gasteiger partial charge in [-0.3, -0.25) is 0 Å². The van der Waals surface area contributed by atoms with Gasteiger partial charge in [0.15, 0.2) is 0 Å². The van der Waals surface area contributed by atoms with E-state index in [-0.39, 0.29) is 0 Å². The standard InChI is InChI=1S/C15H32N2/c1-5-10-16-15-9-7-8-14(15)12-17(4)11-13(3)6-2/h13-16H,5-12H2,1-4H3. The zero-order valence-corrected chi connectivity index (χ0v) is 12.3. The Labute approximate surface area is 108 Å². The van der Waals surface area contributed by atoms with Gasteiger partial charge < -0.3 is 10.2 Å². The van der Waals surface area contributed by atoms with Gasteiger partial charge in [-0.05, 0) is 44.7 Å². The second kappa shape index (κ2) is 8.10. The van der Waals surface area contributed by atoms with Gasteiger partial charge >= 0.3 is 0 Å². The van der Waals surface area contributed by atoms with Gasteiger partial charge in [0, 0.05) is 19.1 Å². The maximum absolute atomic E-state index is 3.73. The molecule has 1 fully saturated rings. The van der Waals surface area contributed by atoms with Crippen molar-refractivity contribution >= 4 is 0 Å². The van der Waals surface area contributed by atoms with Crippen LogP contribution in [0.25, 0.3) is 0 Å². The Bertz CT molecular complexity index is 193. The monoisotopic (exact) mass is 240 g/mol. The van der Waals surface area contributed by atoms with Crippen LogP contribution in [0.3, 0.4) is 0 Å². The molecule has 1 saturated carbocycles. The molecule has 0 saturated heterocycles. The molecular weight excluding hydrogens is 208 g/mol. The zero-order chi connectivity index (χ0) is 12.7. The van der Waals surface area contributed by atoms with Crippen molar-refractivity contribution in [2.75, 3.05) is 26.7 Å². The molecule has 2 heteroatoms. The van der Waals surface area contributed by atoms with Crippen LogP contribution in [0.1, 0.15) is 52.9 Å². The average Bonchev–Trinajstić information content (AvgIpc) is 2.73. The summed E-state index contributed by atoms with van der Waals surface area (Å²) in [5.74, 6) is 1.72. The molecule has 0 heterocycles. The third-order valence-electron chi connectivity index (χ3n) is 4.18. The van der Waals surface area contributed by atoms with Gasteiger partial charge in [0.2, 0.25) is 0 Å².